The van der Waals surface area contributed by atoms with E-state index in [4.69, 9.17) is 0 Å². The van der Waals surface area contributed by atoms with Gasteiger partial charge < -0.3 is 4.90 Å². The third kappa shape index (κ3) is 9.24. The van der Waals surface area contributed by atoms with Crippen LogP contribution in [-0.2, 0) is 34.0 Å². The van der Waals surface area contributed by atoms with Crippen LogP contribution < -0.4 is 0 Å². The highest BCUT2D eigenvalue weighted by Gasteiger charge is 2.69. The number of amides is 1. The van der Waals surface area contributed by atoms with Crippen LogP contribution in [0, 0.1) is 40.4 Å². The second-order valence-corrected chi connectivity index (χ2v) is 20.3. The summed E-state index contributed by atoms with van der Waals surface area (Å²) in [6, 6.07) is -0.632. The van der Waals surface area contributed by atoms with Crippen molar-refractivity contribution in [3.8, 4) is 0 Å². The lowest BCUT2D eigenvalue weighted by molar-refractivity contribution is -0.146. The van der Waals surface area contributed by atoms with Crippen molar-refractivity contribution in [1.82, 2.24) is 9.21 Å². The molecule has 3 heterocycles. The highest BCUT2D eigenvalue weighted by atomic mass is 32.2. The van der Waals surface area contributed by atoms with Crippen LogP contribution in [0.4, 0.5) is 0 Å². The second-order valence-electron chi connectivity index (χ2n) is 18.3. The number of fused-ring (bicyclic) bond motifs is 3. The van der Waals surface area contributed by atoms with Gasteiger partial charge in [-0.15, -0.1) is 0 Å². The minimum Gasteiger partial charge on any atom is -0.332 e. The van der Waals surface area contributed by atoms with Gasteiger partial charge >= 0.3 is 0 Å². The predicted molar refractivity (Wildman–Crippen MR) is 196 cm³/mol. The van der Waals surface area contributed by atoms with Gasteiger partial charge in [-0.1, -0.05) is 78.1 Å². The van der Waals surface area contributed by atoms with Crippen LogP contribution in [0.1, 0.15) is 155 Å². The molecule has 0 unspecified atom stereocenters. The van der Waals surface area contributed by atoms with Crippen LogP contribution in [0.25, 0.3) is 0 Å². The molecule has 0 radical (unpaired) electrons. The molecule has 0 spiro atoms. The third-order valence-corrected chi connectivity index (χ3v) is 16.1. The van der Waals surface area contributed by atoms with Crippen molar-refractivity contribution >= 4 is 39.1 Å². The number of carbonyl (C=O) groups is 5. The van der Waals surface area contributed by atoms with E-state index in [2.05, 4.69) is 13.8 Å². The molecule has 286 valence electrons. The molecule has 0 N–H and O–H groups in total. The molecule has 1 amide bonds. The van der Waals surface area contributed by atoms with E-state index in [1.807, 2.05) is 0 Å². The van der Waals surface area contributed by atoms with Gasteiger partial charge in [-0.25, -0.2) is 12.7 Å². The van der Waals surface area contributed by atoms with E-state index in [-0.39, 0.29) is 71.9 Å². The van der Waals surface area contributed by atoms with Gasteiger partial charge in [-0.3, -0.25) is 24.0 Å². The summed E-state index contributed by atoms with van der Waals surface area (Å²) in [5.41, 5.74) is -0.673. The zero-order valence-corrected chi connectivity index (χ0v) is 32.3. The fourth-order valence-corrected chi connectivity index (χ4v) is 12.7. The number of nitrogens with zero attached hydrogens (tertiary/aromatic N) is 2. The van der Waals surface area contributed by atoms with E-state index < -0.39 is 39.1 Å². The first kappa shape index (κ1) is 38.8. The average Bonchev–Trinajstić information content (AvgIpc) is 3.76. The Labute approximate surface area is 306 Å². The van der Waals surface area contributed by atoms with Gasteiger partial charge in [0.2, 0.25) is 21.7 Å². The van der Waals surface area contributed by atoms with Crippen molar-refractivity contribution in [3.05, 3.63) is 0 Å². The Bertz CT molecular complexity index is 1420. The van der Waals surface area contributed by atoms with Crippen molar-refractivity contribution in [2.24, 2.45) is 40.4 Å². The summed E-state index contributed by atoms with van der Waals surface area (Å²) in [6.45, 7) is 5.90. The first-order valence-corrected chi connectivity index (χ1v) is 22.3. The second kappa shape index (κ2) is 16.2. The lowest BCUT2D eigenvalue weighted by Gasteiger charge is -2.38. The molecule has 0 aromatic carbocycles. The molecule has 3 saturated heterocycles. The Morgan fingerprint density at radius 2 is 1.37 bits per heavy atom. The van der Waals surface area contributed by atoms with Crippen molar-refractivity contribution in [3.63, 3.8) is 0 Å². The largest absolute Gasteiger partial charge is 0.332 e. The Hall–Kier alpha value is -1.94. The molecular weight excluding hydrogens is 665 g/mol. The number of carbonyl (C=O) groups excluding carboxylic acids is 5. The molecule has 0 aromatic heterocycles. The van der Waals surface area contributed by atoms with E-state index in [0.29, 0.717) is 51.2 Å². The van der Waals surface area contributed by atoms with Crippen molar-refractivity contribution in [2.75, 3.05) is 25.4 Å². The van der Waals surface area contributed by atoms with Gasteiger partial charge in [0.05, 0.1) is 11.8 Å². The number of hydrogen-bond donors (Lipinski definition) is 0. The van der Waals surface area contributed by atoms with Crippen LogP contribution in [0.15, 0.2) is 0 Å². The summed E-state index contributed by atoms with van der Waals surface area (Å²) in [4.78, 5) is 71.2. The van der Waals surface area contributed by atoms with Gasteiger partial charge in [0.25, 0.3) is 0 Å². The highest BCUT2D eigenvalue weighted by Crippen LogP contribution is 2.65. The zero-order valence-electron chi connectivity index (χ0n) is 31.5. The molecule has 5 atom stereocenters. The zero-order chi connectivity index (χ0) is 36.4. The fraction of sp³-hybridized carbons (Fsp3) is 0.878. The van der Waals surface area contributed by atoms with Gasteiger partial charge in [-0.2, -0.15) is 0 Å². The summed E-state index contributed by atoms with van der Waals surface area (Å²) in [7, 11) is -3.47. The first-order chi connectivity index (χ1) is 24.3. The minimum absolute atomic E-state index is 0.000591. The minimum atomic E-state index is -3.47. The molecule has 10 heteroatoms. The molecule has 3 aliphatic heterocycles. The molecule has 0 bridgehead atoms. The highest BCUT2D eigenvalue weighted by molar-refractivity contribution is 7.89. The van der Waals surface area contributed by atoms with Gasteiger partial charge in [0.1, 0.15) is 5.78 Å². The van der Waals surface area contributed by atoms with Crippen LogP contribution >= 0.6 is 0 Å². The van der Waals surface area contributed by atoms with Gasteiger partial charge in [-0.05, 0) is 80.0 Å². The number of ketones is 4. The maximum atomic E-state index is 14.6. The molecule has 9 nitrogen and oxygen atoms in total. The van der Waals surface area contributed by atoms with Gasteiger partial charge in [0, 0.05) is 57.2 Å². The maximum Gasteiger partial charge on any atom is 0.226 e. The van der Waals surface area contributed by atoms with E-state index >= 15 is 0 Å². The number of Topliss-reactive ketones (excluding diaryl/α,β-unsaturated/α-hetero) is 4. The SMILES string of the molecule is CC1(C)[C@@H]2[C@H]3C(=O)C[C@H](C(=O)C(=O)CC4CC4)CCCCCCCCC[C@H](CC(=O)CC4(CS(=O)(=O)N5CCCC5)CCCCC4)C(=O)N3C[C@@H]21. The molecule has 6 rings (SSSR count). The Kier molecular flexibility index (Phi) is 12.3. The van der Waals surface area contributed by atoms with E-state index in [0.717, 1.165) is 89.9 Å². The van der Waals surface area contributed by atoms with E-state index in [1.54, 1.807) is 9.21 Å². The molecule has 3 aliphatic carbocycles. The van der Waals surface area contributed by atoms with E-state index in [9.17, 15) is 32.4 Å². The fourth-order valence-electron chi connectivity index (χ4n) is 10.6. The summed E-state index contributed by atoms with van der Waals surface area (Å²) >= 11 is 0. The Balaban J connectivity index is 1.20. The third-order valence-electron chi connectivity index (χ3n) is 13.9. The number of rotatable bonds is 11. The predicted octanol–water partition coefficient (Wildman–Crippen LogP) is 6.85. The standard InChI is InChI=1S/C41H64N2O7S/c1-40(2)33-27-43-37(36(33)40)34(45)25-30(38(47)35(46)23-29-17-18-29)15-9-6-4-3-5-7-10-16-31(39(43)48)24-32(44)26-41(19-11-8-12-20-41)28-51(49,50)42-21-13-14-22-42/h29-31,33,36-37H,3-28H2,1-2H3/t30-,31-,33+,36+,37-/m1/s1. The quantitative estimate of drug-likeness (QED) is 0.213. The molecule has 0 aromatic rings. The van der Waals surface area contributed by atoms with E-state index in [1.165, 1.54) is 0 Å². The molecular formula is C41H64N2O7S. The number of piperidine rings is 1. The van der Waals surface area contributed by atoms with Crippen molar-refractivity contribution < 1.29 is 32.4 Å². The summed E-state index contributed by atoms with van der Waals surface area (Å²) in [5.74, 6) is -1.66. The lowest BCUT2D eigenvalue weighted by atomic mass is 9.71. The van der Waals surface area contributed by atoms with Crippen LogP contribution in [0.3, 0.4) is 0 Å². The van der Waals surface area contributed by atoms with Crippen LogP contribution in [-0.4, -0.2) is 78.1 Å². The molecule has 3 saturated carbocycles. The van der Waals surface area contributed by atoms with Crippen molar-refractivity contribution in [1.29, 1.82) is 0 Å². The molecule has 6 fully saturated rings. The Morgan fingerprint density at radius 3 is 2.02 bits per heavy atom. The normalized spacial score (nSPS) is 32.3. The number of hydrogen-bond acceptors (Lipinski definition) is 7. The number of sulfonamides is 1. The summed E-state index contributed by atoms with van der Waals surface area (Å²) < 4.78 is 28.6. The van der Waals surface area contributed by atoms with Crippen molar-refractivity contribution in [2.45, 2.75) is 161 Å². The van der Waals surface area contributed by atoms with Gasteiger partial charge in [0.15, 0.2) is 11.6 Å². The monoisotopic (exact) mass is 728 g/mol. The lowest BCUT2D eigenvalue weighted by Crippen LogP contribution is -2.49. The molecule has 6 aliphatic rings. The van der Waals surface area contributed by atoms with Crippen LogP contribution in [0.5, 0.6) is 0 Å². The summed E-state index contributed by atoms with van der Waals surface area (Å²) in [5, 5.41) is 0. The maximum absolute atomic E-state index is 14.6. The molecule has 51 heavy (non-hydrogen) atoms. The average molecular weight is 729 g/mol. The first-order valence-electron chi connectivity index (χ1n) is 20.7. The smallest absolute Gasteiger partial charge is 0.226 e. The van der Waals surface area contributed by atoms with Crippen LogP contribution in [0.2, 0.25) is 0 Å². The Morgan fingerprint density at radius 1 is 0.765 bits per heavy atom. The topological polar surface area (TPSA) is 126 Å². The summed E-state index contributed by atoms with van der Waals surface area (Å²) in [6.07, 6.45) is 16.4.